The van der Waals surface area contributed by atoms with Crippen LogP contribution < -0.4 is 0 Å². The van der Waals surface area contributed by atoms with Gasteiger partial charge in [-0.25, -0.2) is 18.9 Å². The molecule has 0 bridgehead atoms. The number of para-hydroxylation sites is 1. The Morgan fingerprint density at radius 2 is 1.94 bits per heavy atom. The highest BCUT2D eigenvalue weighted by atomic mass is 35.5. The highest BCUT2D eigenvalue weighted by Gasteiger charge is 2.25. The van der Waals surface area contributed by atoms with Gasteiger partial charge in [0.25, 0.3) is 0 Å². The van der Waals surface area contributed by atoms with Gasteiger partial charge in [-0.15, -0.1) is 0 Å². The average Bonchev–Trinajstić information content (AvgIpc) is 3.06. The minimum Gasteiger partial charge on any atom is -0.478 e. The molecule has 5 nitrogen and oxygen atoms in total. The Bertz CT molecular complexity index is 1420. The van der Waals surface area contributed by atoms with Gasteiger partial charge in [-0.2, -0.15) is 5.10 Å². The second kappa shape index (κ2) is 8.45. The Kier molecular flexibility index (Phi) is 5.46. The van der Waals surface area contributed by atoms with E-state index in [4.69, 9.17) is 16.6 Å². The largest absolute Gasteiger partial charge is 0.478 e. The smallest absolute Gasteiger partial charge is 0.336 e. The van der Waals surface area contributed by atoms with E-state index in [2.05, 4.69) is 5.10 Å². The SMILES string of the molecule is Cc1nn(Cc2ccc(F)cc2)c(Cl)c1/C=C1\CCCc2c1nc1ccccc1c2C(=O)O. The number of halogens is 2. The van der Waals surface area contributed by atoms with Crippen LogP contribution in [-0.2, 0) is 13.0 Å². The van der Waals surface area contributed by atoms with Crippen molar-refractivity contribution in [3.8, 4) is 0 Å². The lowest BCUT2D eigenvalue weighted by molar-refractivity contribution is 0.0697. The van der Waals surface area contributed by atoms with E-state index in [0.717, 1.165) is 46.5 Å². The number of rotatable bonds is 4. The molecular weight excluding hydrogens is 441 g/mol. The number of hydrogen-bond acceptors (Lipinski definition) is 3. The van der Waals surface area contributed by atoms with Gasteiger partial charge in [0.2, 0.25) is 0 Å². The third-order valence-electron chi connectivity index (χ3n) is 6.06. The summed E-state index contributed by atoms with van der Waals surface area (Å²) in [6.45, 7) is 2.31. The van der Waals surface area contributed by atoms with E-state index < -0.39 is 5.97 Å². The van der Waals surface area contributed by atoms with Gasteiger partial charge in [-0.3, -0.25) is 0 Å². The van der Waals surface area contributed by atoms with Gasteiger partial charge in [-0.1, -0.05) is 41.9 Å². The summed E-state index contributed by atoms with van der Waals surface area (Å²) in [5.74, 6) is -1.23. The molecule has 7 heteroatoms. The summed E-state index contributed by atoms with van der Waals surface area (Å²) in [5.41, 5.74) is 5.88. The zero-order chi connectivity index (χ0) is 23.1. The van der Waals surface area contributed by atoms with Crippen LogP contribution in [0.1, 0.15) is 51.3 Å². The molecule has 0 saturated carbocycles. The molecule has 0 radical (unpaired) electrons. The number of benzene rings is 2. The van der Waals surface area contributed by atoms with Gasteiger partial charge in [-0.05, 0) is 67.2 Å². The number of aromatic carboxylic acids is 1. The summed E-state index contributed by atoms with van der Waals surface area (Å²) in [6.07, 6.45) is 4.26. The molecule has 0 saturated heterocycles. The number of nitrogens with zero attached hydrogens (tertiary/aromatic N) is 3. The fraction of sp³-hybridized carbons (Fsp3) is 0.192. The van der Waals surface area contributed by atoms with Gasteiger partial charge in [0.15, 0.2) is 0 Å². The molecule has 33 heavy (non-hydrogen) atoms. The topological polar surface area (TPSA) is 68.0 Å². The molecule has 0 aliphatic heterocycles. The number of carbonyl (C=O) groups is 1. The molecule has 1 aliphatic rings. The molecule has 2 heterocycles. The maximum Gasteiger partial charge on any atom is 0.336 e. The van der Waals surface area contributed by atoms with Crippen LogP contribution in [0.5, 0.6) is 0 Å². The van der Waals surface area contributed by atoms with Crippen LogP contribution in [-0.4, -0.2) is 25.8 Å². The maximum absolute atomic E-state index is 13.2. The summed E-state index contributed by atoms with van der Waals surface area (Å²) in [4.78, 5) is 17.0. The monoisotopic (exact) mass is 461 g/mol. The van der Waals surface area contributed by atoms with Crippen molar-refractivity contribution < 1.29 is 14.3 Å². The molecular formula is C26H21ClFN3O2. The summed E-state index contributed by atoms with van der Waals surface area (Å²) in [5, 5.41) is 15.7. The molecule has 1 N–H and O–H groups in total. The quantitative estimate of drug-likeness (QED) is 0.395. The van der Waals surface area contributed by atoms with Crippen molar-refractivity contribution in [2.75, 3.05) is 0 Å². The lowest BCUT2D eigenvalue weighted by Gasteiger charge is -2.21. The minimum absolute atomic E-state index is 0.288. The summed E-state index contributed by atoms with van der Waals surface area (Å²) in [7, 11) is 0. The number of fused-ring (bicyclic) bond motifs is 2. The van der Waals surface area contributed by atoms with E-state index in [1.807, 2.05) is 37.3 Å². The number of carboxylic acids is 1. The predicted octanol–water partition coefficient (Wildman–Crippen LogP) is 6.16. The number of pyridine rings is 1. The van der Waals surface area contributed by atoms with E-state index in [0.29, 0.717) is 34.6 Å². The van der Waals surface area contributed by atoms with Gasteiger partial charge in [0.05, 0.1) is 29.0 Å². The predicted molar refractivity (Wildman–Crippen MR) is 127 cm³/mol. The van der Waals surface area contributed by atoms with Crippen molar-refractivity contribution in [1.82, 2.24) is 14.8 Å². The van der Waals surface area contributed by atoms with E-state index in [-0.39, 0.29) is 5.82 Å². The van der Waals surface area contributed by atoms with E-state index >= 15 is 0 Å². The Morgan fingerprint density at radius 1 is 1.18 bits per heavy atom. The summed E-state index contributed by atoms with van der Waals surface area (Å²) >= 11 is 6.70. The fourth-order valence-corrected chi connectivity index (χ4v) is 4.78. The van der Waals surface area contributed by atoms with Crippen molar-refractivity contribution in [1.29, 1.82) is 0 Å². The Morgan fingerprint density at radius 3 is 2.70 bits per heavy atom. The minimum atomic E-state index is -0.938. The number of allylic oxidation sites excluding steroid dienone is 1. The molecule has 4 aromatic rings. The van der Waals surface area contributed by atoms with Crippen molar-refractivity contribution >= 4 is 40.1 Å². The normalized spacial score (nSPS) is 14.6. The number of aromatic nitrogens is 3. The zero-order valence-corrected chi connectivity index (χ0v) is 18.7. The summed E-state index contributed by atoms with van der Waals surface area (Å²) < 4.78 is 14.9. The molecule has 5 rings (SSSR count). The molecule has 2 aromatic heterocycles. The first kappa shape index (κ1) is 21.3. The molecule has 0 spiro atoms. The van der Waals surface area contributed by atoms with Gasteiger partial charge >= 0.3 is 5.97 Å². The van der Waals surface area contributed by atoms with Crippen LogP contribution in [0, 0.1) is 12.7 Å². The van der Waals surface area contributed by atoms with Crippen molar-refractivity contribution in [2.24, 2.45) is 0 Å². The third-order valence-corrected chi connectivity index (χ3v) is 6.46. The molecule has 166 valence electrons. The average molecular weight is 462 g/mol. The first-order valence-electron chi connectivity index (χ1n) is 10.8. The van der Waals surface area contributed by atoms with E-state index in [9.17, 15) is 14.3 Å². The second-order valence-corrected chi connectivity index (χ2v) is 8.59. The third kappa shape index (κ3) is 3.91. The Hall–Kier alpha value is -3.51. The standard InChI is InChI=1S/C26H21ClFN3O2/c1-15-21(25(27)31(30-15)14-16-9-11-18(28)12-10-16)13-17-5-4-7-20-23(26(32)33)19-6-2-3-8-22(19)29-24(17)20/h2-3,6,8-13H,4-5,7,14H2,1H3,(H,32,33)/b17-13+. The van der Waals surface area contributed by atoms with Gasteiger partial charge < -0.3 is 5.11 Å². The molecule has 1 aliphatic carbocycles. The van der Waals surface area contributed by atoms with Crippen molar-refractivity contribution in [3.05, 3.63) is 93.1 Å². The highest BCUT2D eigenvalue weighted by molar-refractivity contribution is 6.31. The van der Waals surface area contributed by atoms with Crippen molar-refractivity contribution in [2.45, 2.75) is 32.7 Å². The summed E-state index contributed by atoms with van der Waals surface area (Å²) in [6, 6.07) is 13.6. The first-order valence-corrected chi connectivity index (χ1v) is 11.1. The maximum atomic E-state index is 13.2. The van der Waals surface area contributed by atoms with Crippen LogP contribution in [0.25, 0.3) is 22.6 Å². The molecule has 2 aromatic carbocycles. The molecule has 0 fully saturated rings. The van der Waals surface area contributed by atoms with Crippen LogP contribution in [0.3, 0.4) is 0 Å². The Balaban J connectivity index is 1.60. The van der Waals surface area contributed by atoms with Crippen LogP contribution in [0.2, 0.25) is 5.15 Å². The Labute approximate surface area is 195 Å². The van der Waals surface area contributed by atoms with Crippen molar-refractivity contribution in [3.63, 3.8) is 0 Å². The number of aryl methyl sites for hydroxylation is 1. The van der Waals surface area contributed by atoms with Crippen LogP contribution in [0.15, 0.2) is 48.5 Å². The van der Waals surface area contributed by atoms with Gasteiger partial charge in [0.1, 0.15) is 11.0 Å². The number of carboxylic acid groups (broad SMARTS) is 1. The zero-order valence-electron chi connectivity index (χ0n) is 18.0. The lowest BCUT2D eigenvalue weighted by atomic mass is 9.86. The molecule has 0 atom stereocenters. The van der Waals surface area contributed by atoms with Crippen LogP contribution in [0.4, 0.5) is 4.39 Å². The molecule has 0 unspecified atom stereocenters. The lowest BCUT2D eigenvalue weighted by Crippen LogP contribution is -2.13. The highest BCUT2D eigenvalue weighted by Crippen LogP contribution is 2.37. The molecule has 0 amide bonds. The number of hydrogen-bond donors (Lipinski definition) is 1. The second-order valence-electron chi connectivity index (χ2n) is 8.23. The fourth-order valence-electron chi connectivity index (χ4n) is 4.49. The van der Waals surface area contributed by atoms with Crippen LogP contribution >= 0.6 is 11.6 Å². The van der Waals surface area contributed by atoms with Gasteiger partial charge in [0, 0.05) is 10.9 Å². The van der Waals surface area contributed by atoms with E-state index in [1.165, 1.54) is 12.1 Å². The first-order chi connectivity index (χ1) is 15.9. The van der Waals surface area contributed by atoms with E-state index in [1.54, 1.807) is 16.8 Å².